The zero-order valence-electron chi connectivity index (χ0n) is 27.9. The van der Waals surface area contributed by atoms with E-state index in [2.05, 4.69) is 31.2 Å². The van der Waals surface area contributed by atoms with Crippen LogP contribution in [0.3, 0.4) is 0 Å². The van der Waals surface area contributed by atoms with Crippen LogP contribution in [-0.2, 0) is 22.7 Å². The van der Waals surface area contributed by atoms with Gasteiger partial charge in [-0.25, -0.2) is 4.98 Å². The molecule has 0 bridgehead atoms. The molecule has 0 aliphatic carbocycles. The summed E-state index contributed by atoms with van der Waals surface area (Å²) in [6.45, 7) is 2.18. The average molecular weight is 727 g/mol. The van der Waals surface area contributed by atoms with E-state index in [4.69, 9.17) is 32.9 Å². The van der Waals surface area contributed by atoms with E-state index in [1.165, 1.54) is 0 Å². The maximum absolute atomic E-state index is 13.1. The first-order valence-corrected chi connectivity index (χ1v) is 17.7. The lowest BCUT2D eigenvalue weighted by Crippen LogP contribution is -2.35. The minimum Gasteiger partial charge on any atom is -0.481 e. The van der Waals surface area contributed by atoms with Gasteiger partial charge >= 0.3 is 0 Å². The molecule has 2 atom stereocenters. The van der Waals surface area contributed by atoms with Crippen molar-refractivity contribution in [1.82, 2.24) is 36.2 Å². The molecule has 2 saturated heterocycles. The largest absolute Gasteiger partial charge is 0.481 e. The van der Waals surface area contributed by atoms with Gasteiger partial charge in [-0.1, -0.05) is 71.7 Å². The molecule has 2 aliphatic rings. The maximum atomic E-state index is 13.1. The normalized spacial score (nSPS) is 17.2. The van der Waals surface area contributed by atoms with Gasteiger partial charge in [0.2, 0.25) is 17.7 Å². The number of aromatic amines is 1. The number of H-pyrrole nitrogens is 1. The van der Waals surface area contributed by atoms with Crippen LogP contribution in [0.1, 0.15) is 37.1 Å². The number of halogens is 2. The van der Waals surface area contributed by atoms with Crippen LogP contribution in [0.25, 0.3) is 44.4 Å². The highest BCUT2D eigenvalue weighted by atomic mass is 35.5. The van der Waals surface area contributed by atoms with Crippen LogP contribution in [-0.4, -0.2) is 59.0 Å². The number of carbonyl (C=O) groups excluding carboxylic acids is 2. The highest BCUT2D eigenvalue weighted by Crippen LogP contribution is 2.42. The number of carbonyl (C=O) groups is 2. The summed E-state index contributed by atoms with van der Waals surface area (Å²) in [6.07, 6.45) is 2.72. The molecule has 3 aromatic carbocycles. The Morgan fingerprint density at radius 2 is 1.39 bits per heavy atom. The van der Waals surface area contributed by atoms with Gasteiger partial charge < -0.3 is 31.0 Å². The lowest BCUT2D eigenvalue weighted by atomic mass is 9.96. The number of hydrogen-bond acceptors (Lipinski definition) is 8. The maximum Gasteiger partial charge on any atom is 0.280 e. The highest BCUT2D eigenvalue weighted by Gasteiger charge is 2.22. The molecule has 0 saturated carbocycles. The Morgan fingerprint density at radius 3 is 2.04 bits per heavy atom. The summed E-state index contributed by atoms with van der Waals surface area (Å²) < 4.78 is 5.64. The Balaban J connectivity index is 1.10. The van der Waals surface area contributed by atoms with Crippen molar-refractivity contribution in [2.24, 2.45) is 0 Å². The number of aromatic nitrogens is 3. The number of hydrogen-bond donors (Lipinski definition) is 5. The van der Waals surface area contributed by atoms with Crippen molar-refractivity contribution in [1.29, 1.82) is 0 Å². The minimum atomic E-state index is -0.341. The van der Waals surface area contributed by atoms with Crippen molar-refractivity contribution in [2.45, 2.75) is 50.9 Å². The highest BCUT2D eigenvalue weighted by molar-refractivity contribution is 6.39. The van der Waals surface area contributed by atoms with E-state index in [-0.39, 0.29) is 29.5 Å². The third kappa shape index (κ3) is 7.62. The molecule has 2 aromatic heterocycles. The number of amides is 2. The van der Waals surface area contributed by atoms with Gasteiger partial charge in [-0.3, -0.25) is 14.4 Å². The molecule has 0 spiro atoms. The summed E-state index contributed by atoms with van der Waals surface area (Å²) in [6, 6.07) is 21.1. The Labute approximate surface area is 304 Å². The van der Waals surface area contributed by atoms with Crippen molar-refractivity contribution in [3.8, 4) is 39.4 Å². The molecule has 5 aromatic rings. The molecule has 4 heterocycles. The first-order chi connectivity index (χ1) is 24.8. The topological polar surface area (TPSA) is 150 Å². The molecule has 2 fully saturated rings. The monoisotopic (exact) mass is 725 g/mol. The lowest BCUT2D eigenvalue weighted by Gasteiger charge is -2.16. The molecule has 262 valence electrons. The molecular formula is C38H37Cl2N7O4. The van der Waals surface area contributed by atoms with E-state index in [0.717, 1.165) is 46.2 Å². The van der Waals surface area contributed by atoms with Crippen LogP contribution in [0, 0.1) is 0 Å². The number of fused-ring (bicyclic) bond motifs is 1. The van der Waals surface area contributed by atoms with E-state index in [1.807, 2.05) is 60.7 Å². The van der Waals surface area contributed by atoms with Crippen LogP contribution in [0.15, 0.2) is 71.5 Å². The Kier molecular flexibility index (Phi) is 10.3. The molecular weight excluding hydrogens is 689 g/mol. The number of ether oxygens (including phenoxy) is 1. The number of benzene rings is 3. The quantitative estimate of drug-likeness (QED) is 0.115. The van der Waals surface area contributed by atoms with E-state index < -0.39 is 0 Å². The molecule has 2 aliphatic heterocycles. The van der Waals surface area contributed by atoms with Crippen LogP contribution >= 0.6 is 23.2 Å². The molecule has 5 N–H and O–H groups in total. The molecule has 11 nitrogen and oxygen atoms in total. The zero-order chi connectivity index (χ0) is 35.5. The van der Waals surface area contributed by atoms with Crippen LogP contribution in [0.4, 0.5) is 0 Å². The van der Waals surface area contributed by atoms with Crippen molar-refractivity contribution in [3.05, 3.63) is 98.5 Å². The predicted octanol–water partition coefficient (Wildman–Crippen LogP) is 5.37. The number of nitrogens with zero attached hydrogens (tertiary/aromatic N) is 2. The summed E-state index contributed by atoms with van der Waals surface area (Å²) in [5.74, 6) is 1.16. The second-order valence-corrected chi connectivity index (χ2v) is 13.6. The van der Waals surface area contributed by atoms with Gasteiger partial charge in [0, 0.05) is 72.4 Å². The summed E-state index contributed by atoms with van der Waals surface area (Å²) in [5, 5.41) is 14.0. The van der Waals surface area contributed by atoms with Crippen LogP contribution in [0.2, 0.25) is 10.0 Å². The standard InChI is InChI=1S/C38H37Cl2N7O4/c1-51-38-22(17-41-18-23-10-14-33(48)43-23)9-13-30(46-38)28-7-3-6-27(36(28)40)26-5-2-4-25(35(26)39)21-8-12-31-29(16-21)37(50)47-32(45-31)20-42-19-24-11-15-34(49)44-24/h2-9,12-13,16,23-24,41-42H,10-11,14-15,17-20H2,1H3,(H,43,48)(H,44,49)(H,45,47,50)/t23-,24-/m1/s1. The van der Waals surface area contributed by atoms with E-state index in [1.54, 1.807) is 13.2 Å². The van der Waals surface area contributed by atoms with Crippen LogP contribution in [0.5, 0.6) is 5.88 Å². The average Bonchev–Trinajstić information content (AvgIpc) is 3.75. The lowest BCUT2D eigenvalue weighted by molar-refractivity contribution is -0.120. The van der Waals surface area contributed by atoms with E-state index in [9.17, 15) is 14.4 Å². The first-order valence-electron chi connectivity index (χ1n) is 16.9. The molecule has 0 unspecified atom stereocenters. The smallest absolute Gasteiger partial charge is 0.280 e. The molecule has 51 heavy (non-hydrogen) atoms. The molecule has 7 rings (SSSR count). The third-order valence-electron chi connectivity index (χ3n) is 9.33. The molecule has 13 heteroatoms. The number of pyridine rings is 1. The zero-order valence-corrected chi connectivity index (χ0v) is 29.5. The van der Waals surface area contributed by atoms with Crippen molar-refractivity contribution >= 4 is 45.9 Å². The number of rotatable bonds is 12. The first kappa shape index (κ1) is 34.6. The van der Waals surface area contributed by atoms with E-state index >= 15 is 0 Å². The fraction of sp³-hybridized carbons (Fsp3) is 0.289. The van der Waals surface area contributed by atoms with E-state index in [0.29, 0.717) is 77.4 Å². The number of nitrogens with one attached hydrogen (secondary N) is 5. The van der Waals surface area contributed by atoms with Crippen molar-refractivity contribution < 1.29 is 14.3 Å². The summed E-state index contributed by atoms with van der Waals surface area (Å²) in [7, 11) is 1.59. The van der Waals surface area contributed by atoms with Gasteiger partial charge in [0.15, 0.2) is 0 Å². The van der Waals surface area contributed by atoms with Gasteiger partial charge in [-0.2, -0.15) is 4.98 Å². The Morgan fingerprint density at radius 1 is 0.765 bits per heavy atom. The van der Waals surface area contributed by atoms with Crippen molar-refractivity contribution in [2.75, 3.05) is 20.2 Å². The number of methoxy groups -OCH3 is 1. The Bertz CT molecular complexity index is 2190. The minimum absolute atomic E-state index is 0.0652. The summed E-state index contributed by atoms with van der Waals surface area (Å²) in [5.41, 5.74) is 5.58. The Hall–Kier alpha value is -4.81. The fourth-order valence-corrected chi connectivity index (χ4v) is 7.35. The second-order valence-electron chi connectivity index (χ2n) is 12.8. The van der Waals surface area contributed by atoms with Crippen molar-refractivity contribution in [3.63, 3.8) is 0 Å². The predicted molar refractivity (Wildman–Crippen MR) is 199 cm³/mol. The molecule has 2 amide bonds. The SMILES string of the molecule is COc1nc(-c2cccc(-c3cccc(-c4ccc5[nH]c(CNC[C@H]6CCC(=O)N6)nc(=O)c5c4)c3Cl)c2Cl)ccc1CNC[C@H]1CCC(=O)N1. The fourth-order valence-electron chi connectivity index (χ4n) is 6.69. The van der Waals surface area contributed by atoms with Crippen LogP contribution < -0.4 is 31.6 Å². The van der Waals surface area contributed by atoms with Gasteiger partial charge in [-0.05, 0) is 36.6 Å². The summed E-state index contributed by atoms with van der Waals surface area (Å²) in [4.78, 5) is 48.4. The molecule has 0 radical (unpaired) electrons. The summed E-state index contributed by atoms with van der Waals surface area (Å²) >= 11 is 14.2. The second kappa shape index (κ2) is 15.2. The van der Waals surface area contributed by atoms with Gasteiger partial charge in [0.1, 0.15) is 5.82 Å². The van der Waals surface area contributed by atoms with Gasteiger partial charge in [0.25, 0.3) is 5.56 Å². The van der Waals surface area contributed by atoms with Gasteiger partial charge in [0.05, 0.1) is 40.3 Å². The van der Waals surface area contributed by atoms with Gasteiger partial charge in [-0.15, -0.1) is 0 Å². The third-order valence-corrected chi connectivity index (χ3v) is 10.1.